The minimum Gasteiger partial charge on any atom is -0.457 e. The Balaban J connectivity index is 1.30. The van der Waals surface area contributed by atoms with Crippen LogP contribution in [0.1, 0.15) is 43.3 Å². The minimum atomic E-state index is 0.0135. The highest BCUT2D eigenvalue weighted by molar-refractivity contribution is 6.09. The highest BCUT2D eigenvalue weighted by atomic mass is 16.5. The molecule has 218 valence electrons. The van der Waals surface area contributed by atoms with Gasteiger partial charge in [0.1, 0.15) is 17.3 Å². The summed E-state index contributed by atoms with van der Waals surface area (Å²) in [5.41, 5.74) is 10.1. The monoisotopic (exact) mass is 576 g/mol. The van der Waals surface area contributed by atoms with Gasteiger partial charge in [0.15, 0.2) is 0 Å². The Hall–Kier alpha value is -5.16. The van der Waals surface area contributed by atoms with Gasteiger partial charge in [0, 0.05) is 40.4 Å². The van der Waals surface area contributed by atoms with E-state index in [9.17, 15) is 0 Å². The van der Waals surface area contributed by atoms with E-state index >= 15 is 0 Å². The molecule has 0 saturated carbocycles. The number of rotatable bonds is 5. The van der Waals surface area contributed by atoms with Crippen LogP contribution in [0.25, 0.3) is 44.4 Å². The molecule has 0 bridgehead atoms. The molecule has 0 N–H and O–H groups in total. The first kappa shape index (κ1) is 27.7. The maximum atomic E-state index is 6.52. The molecule has 0 fully saturated rings. The van der Waals surface area contributed by atoms with Gasteiger partial charge in [-0.2, -0.15) is 5.10 Å². The van der Waals surface area contributed by atoms with Crippen molar-refractivity contribution in [3.05, 3.63) is 132 Å². The predicted molar refractivity (Wildman–Crippen MR) is 181 cm³/mol. The molecule has 0 radical (unpaired) electrons. The molecule has 0 spiro atoms. The Morgan fingerprint density at radius 2 is 1.48 bits per heavy atom. The van der Waals surface area contributed by atoms with Crippen LogP contribution in [0, 0.1) is 20.8 Å². The molecule has 7 aromatic rings. The first-order valence-electron chi connectivity index (χ1n) is 15.1. The van der Waals surface area contributed by atoms with Crippen molar-refractivity contribution in [3.8, 4) is 34.1 Å². The van der Waals surface area contributed by atoms with E-state index in [-0.39, 0.29) is 5.41 Å². The minimum absolute atomic E-state index is 0.0135. The number of hydrogen-bond acceptors (Lipinski definition) is 3. The van der Waals surface area contributed by atoms with Crippen LogP contribution >= 0.6 is 0 Å². The number of benzene rings is 4. The summed E-state index contributed by atoms with van der Waals surface area (Å²) in [5.74, 6) is 2.42. The highest BCUT2D eigenvalue weighted by Crippen LogP contribution is 2.37. The van der Waals surface area contributed by atoms with E-state index in [2.05, 4.69) is 125 Å². The molecular formula is C39H36N4O. The van der Waals surface area contributed by atoms with Crippen molar-refractivity contribution in [1.29, 1.82) is 0 Å². The zero-order valence-corrected chi connectivity index (χ0v) is 26.1. The van der Waals surface area contributed by atoms with E-state index in [0.717, 1.165) is 51.0 Å². The molecule has 3 heterocycles. The van der Waals surface area contributed by atoms with Crippen LogP contribution in [-0.4, -0.2) is 19.3 Å². The first-order valence-corrected chi connectivity index (χ1v) is 15.1. The molecule has 0 aliphatic heterocycles. The summed E-state index contributed by atoms with van der Waals surface area (Å²) in [6, 6.07) is 35.8. The van der Waals surface area contributed by atoms with Gasteiger partial charge in [-0.3, -0.25) is 4.57 Å². The lowest BCUT2D eigenvalue weighted by molar-refractivity contribution is 0.482. The number of ether oxygens (including phenoxy) is 1. The SMILES string of the molecule is Cc1ccc2c(c1)c1ccc(Oc3cccc(-n4nc(C)c(-c5ccccc5)c4C)c3)cc1n2-c1cc(C(C)(C)C)ccn1. The second-order valence-corrected chi connectivity index (χ2v) is 12.6. The van der Waals surface area contributed by atoms with Crippen LogP contribution in [0.5, 0.6) is 11.5 Å². The number of hydrogen-bond donors (Lipinski definition) is 0. The van der Waals surface area contributed by atoms with E-state index in [1.54, 1.807) is 0 Å². The van der Waals surface area contributed by atoms with Gasteiger partial charge in [0.25, 0.3) is 0 Å². The Kier molecular flexibility index (Phi) is 6.62. The largest absolute Gasteiger partial charge is 0.457 e. The van der Waals surface area contributed by atoms with E-state index in [4.69, 9.17) is 14.8 Å². The molecule has 0 unspecified atom stereocenters. The van der Waals surface area contributed by atoms with Crippen molar-refractivity contribution in [1.82, 2.24) is 19.3 Å². The lowest BCUT2D eigenvalue weighted by Crippen LogP contribution is -2.12. The fourth-order valence-electron chi connectivity index (χ4n) is 6.16. The smallest absolute Gasteiger partial charge is 0.137 e. The number of pyridine rings is 1. The summed E-state index contributed by atoms with van der Waals surface area (Å²) >= 11 is 0. The van der Waals surface area contributed by atoms with Crippen molar-refractivity contribution in [2.24, 2.45) is 0 Å². The molecule has 0 aliphatic rings. The number of aromatic nitrogens is 4. The second kappa shape index (κ2) is 10.5. The number of nitrogens with zero attached hydrogens (tertiary/aromatic N) is 4. The van der Waals surface area contributed by atoms with Crippen molar-refractivity contribution in [2.45, 2.75) is 47.0 Å². The van der Waals surface area contributed by atoms with Gasteiger partial charge in [-0.05, 0) is 85.8 Å². The van der Waals surface area contributed by atoms with E-state index in [0.29, 0.717) is 0 Å². The Labute approximate surface area is 258 Å². The Bertz CT molecular complexity index is 2160. The summed E-state index contributed by atoms with van der Waals surface area (Å²) < 4.78 is 10.8. The van der Waals surface area contributed by atoms with Gasteiger partial charge in [-0.25, -0.2) is 9.67 Å². The first-order chi connectivity index (χ1) is 21.2. The molecule has 44 heavy (non-hydrogen) atoms. The molecule has 4 aromatic carbocycles. The van der Waals surface area contributed by atoms with Crippen molar-refractivity contribution in [2.75, 3.05) is 0 Å². The topological polar surface area (TPSA) is 44.9 Å². The van der Waals surface area contributed by atoms with Gasteiger partial charge < -0.3 is 4.74 Å². The summed E-state index contributed by atoms with van der Waals surface area (Å²) in [5, 5.41) is 7.27. The van der Waals surface area contributed by atoms with Gasteiger partial charge in [0.2, 0.25) is 0 Å². The summed E-state index contributed by atoms with van der Waals surface area (Å²) in [6.45, 7) is 13.0. The van der Waals surface area contributed by atoms with Crippen LogP contribution < -0.4 is 4.74 Å². The predicted octanol–water partition coefficient (Wildman–Crippen LogP) is 10.0. The van der Waals surface area contributed by atoms with Crippen molar-refractivity contribution in [3.63, 3.8) is 0 Å². The average Bonchev–Trinajstić information content (AvgIpc) is 3.49. The molecule has 0 amide bonds. The van der Waals surface area contributed by atoms with Crippen molar-refractivity contribution >= 4 is 21.8 Å². The quantitative estimate of drug-likeness (QED) is 0.205. The van der Waals surface area contributed by atoms with Gasteiger partial charge in [-0.1, -0.05) is 68.8 Å². The molecule has 7 rings (SSSR count). The zero-order valence-electron chi connectivity index (χ0n) is 26.1. The highest BCUT2D eigenvalue weighted by Gasteiger charge is 2.19. The third kappa shape index (κ3) is 4.84. The molecular weight excluding hydrogens is 540 g/mol. The molecule has 3 aromatic heterocycles. The van der Waals surface area contributed by atoms with Gasteiger partial charge >= 0.3 is 0 Å². The third-order valence-electron chi connectivity index (χ3n) is 8.39. The van der Waals surface area contributed by atoms with Crippen LogP contribution in [0.15, 0.2) is 109 Å². The van der Waals surface area contributed by atoms with Crippen LogP contribution in [0.2, 0.25) is 0 Å². The van der Waals surface area contributed by atoms with E-state index in [1.807, 2.05) is 35.1 Å². The normalized spacial score (nSPS) is 11.9. The maximum Gasteiger partial charge on any atom is 0.137 e. The fraction of sp³-hybridized carbons (Fsp3) is 0.179. The maximum absolute atomic E-state index is 6.52. The summed E-state index contributed by atoms with van der Waals surface area (Å²) in [7, 11) is 0. The second-order valence-electron chi connectivity index (χ2n) is 12.6. The van der Waals surface area contributed by atoms with Crippen LogP contribution in [0.4, 0.5) is 0 Å². The van der Waals surface area contributed by atoms with Crippen LogP contribution in [0.3, 0.4) is 0 Å². The van der Waals surface area contributed by atoms with Crippen molar-refractivity contribution < 1.29 is 4.74 Å². The average molecular weight is 577 g/mol. The third-order valence-corrected chi connectivity index (χ3v) is 8.39. The Morgan fingerprint density at radius 1 is 0.682 bits per heavy atom. The number of aryl methyl sites for hydroxylation is 2. The molecule has 0 atom stereocenters. The lowest BCUT2D eigenvalue weighted by atomic mass is 9.88. The molecule has 0 saturated heterocycles. The number of fused-ring (bicyclic) bond motifs is 3. The zero-order chi connectivity index (χ0) is 30.6. The Morgan fingerprint density at radius 3 is 2.27 bits per heavy atom. The fourth-order valence-corrected chi connectivity index (χ4v) is 6.16. The lowest BCUT2D eigenvalue weighted by Gasteiger charge is -2.20. The summed E-state index contributed by atoms with van der Waals surface area (Å²) in [6.07, 6.45) is 1.91. The molecule has 5 heteroatoms. The van der Waals surface area contributed by atoms with E-state index in [1.165, 1.54) is 27.5 Å². The van der Waals surface area contributed by atoms with E-state index < -0.39 is 0 Å². The van der Waals surface area contributed by atoms with Gasteiger partial charge in [0.05, 0.1) is 22.4 Å². The van der Waals surface area contributed by atoms with Gasteiger partial charge in [-0.15, -0.1) is 0 Å². The van der Waals surface area contributed by atoms with Crippen LogP contribution in [-0.2, 0) is 5.41 Å². The molecule has 0 aliphatic carbocycles. The molecule has 5 nitrogen and oxygen atoms in total. The standard InChI is InChI=1S/C39H36N4O/c1-25-15-18-35-34(21-25)33-17-16-32(24-36(33)42(35)37-22-29(19-20-40-37)39(4,5)6)44-31-14-10-13-30(23-31)43-27(3)38(26(2)41-43)28-11-8-7-9-12-28/h7-24H,1-6H3. The summed E-state index contributed by atoms with van der Waals surface area (Å²) in [4.78, 5) is 4.83.